The number of amides is 1. The molecule has 6 nitrogen and oxygen atoms in total. The summed E-state index contributed by atoms with van der Waals surface area (Å²) in [5.41, 5.74) is 1.02. The summed E-state index contributed by atoms with van der Waals surface area (Å²) in [6.45, 7) is 3.32. The zero-order chi connectivity index (χ0) is 20.7. The molecule has 0 saturated carbocycles. The molecule has 0 fully saturated rings. The molecule has 1 amide bonds. The quantitative estimate of drug-likeness (QED) is 0.758. The van der Waals surface area contributed by atoms with E-state index in [4.69, 9.17) is 10.00 Å². The Morgan fingerprint density at radius 1 is 1.18 bits per heavy atom. The Hall–Kier alpha value is -2.92. The number of nitriles is 1. The number of sulfone groups is 1. The Morgan fingerprint density at radius 3 is 2.32 bits per heavy atom. The van der Waals surface area contributed by atoms with Crippen LogP contribution in [0.2, 0.25) is 0 Å². The third kappa shape index (κ3) is 5.79. The second-order valence-corrected chi connectivity index (χ2v) is 8.66. The molecule has 148 valence electrons. The molecule has 0 saturated heterocycles. The maximum atomic E-state index is 12.9. The third-order valence-corrected chi connectivity index (χ3v) is 6.54. The van der Waals surface area contributed by atoms with Crippen LogP contribution in [-0.2, 0) is 9.84 Å². The van der Waals surface area contributed by atoms with Gasteiger partial charge >= 0.3 is 6.09 Å². The van der Waals surface area contributed by atoms with Gasteiger partial charge in [0, 0.05) is 6.04 Å². The van der Waals surface area contributed by atoms with Crippen molar-refractivity contribution in [3.63, 3.8) is 0 Å². The Bertz CT molecular complexity index is 951. The molecule has 2 aromatic rings. The van der Waals surface area contributed by atoms with Crippen LogP contribution in [-0.4, -0.2) is 26.3 Å². The van der Waals surface area contributed by atoms with Gasteiger partial charge in [0.15, 0.2) is 9.84 Å². The molecule has 0 radical (unpaired) electrons. The minimum absolute atomic E-state index is 0.155. The summed E-state index contributed by atoms with van der Waals surface area (Å²) in [7, 11) is -3.57. The number of halogens is 1. The number of nitrogens with one attached hydrogen (secondary N) is 1. The summed E-state index contributed by atoms with van der Waals surface area (Å²) in [4.78, 5) is 12.0. The van der Waals surface area contributed by atoms with Crippen LogP contribution in [0.4, 0.5) is 9.18 Å². The first kappa shape index (κ1) is 21.4. The molecule has 0 heterocycles. The van der Waals surface area contributed by atoms with Gasteiger partial charge in [0.2, 0.25) is 0 Å². The summed E-state index contributed by atoms with van der Waals surface area (Å²) in [6.07, 6.45) is -0.419. The highest BCUT2D eigenvalue weighted by Gasteiger charge is 2.27. The van der Waals surface area contributed by atoms with Gasteiger partial charge in [-0.15, -0.1) is 0 Å². The van der Waals surface area contributed by atoms with E-state index in [-0.39, 0.29) is 11.5 Å². The SMILES string of the molecule is CC[C@H](CS(=O)(=O)C(C)c1ccc(C#N)cc1)NC(=O)Oc1ccc(F)cc1. The van der Waals surface area contributed by atoms with Gasteiger partial charge < -0.3 is 10.1 Å². The third-order valence-electron chi connectivity index (χ3n) is 4.32. The molecular formula is C20H21FN2O4S. The largest absolute Gasteiger partial charge is 0.412 e. The van der Waals surface area contributed by atoms with Crippen molar-refractivity contribution in [2.45, 2.75) is 31.6 Å². The van der Waals surface area contributed by atoms with E-state index in [0.717, 1.165) is 12.1 Å². The first-order valence-corrected chi connectivity index (χ1v) is 10.4. The molecule has 0 aliphatic rings. The van der Waals surface area contributed by atoms with E-state index >= 15 is 0 Å². The Morgan fingerprint density at radius 2 is 1.79 bits per heavy atom. The number of benzene rings is 2. The second kappa shape index (κ2) is 9.33. The Kier molecular flexibility index (Phi) is 7.12. The number of nitrogens with zero attached hydrogens (tertiary/aromatic N) is 1. The van der Waals surface area contributed by atoms with Gasteiger partial charge in [-0.3, -0.25) is 0 Å². The van der Waals surface area contributed by atoms with Crippen LogP contribution >= 0.6 is 0 Å². The van der Waals surface area contributed by atoms with Crippen LogP contribution in [0.25, 0.3) is 0 Å². The van der Waals surface area contributed by atoms with Crippen LogP contribution < -0.4 is 10.1 Å². The molecule has 2 atom stereocenters. The van der Waals surface area contributed by atoms with Gasteiger partial charge in [0.25, 0.3) is 0 Å². The number of carbonyl (C=O) groups is 1. The van der Waals surface area contributed by atoms with E-state index in [2.05, 4.69) is 5.32 Å². The normalized spacial score (nSPS) is 13.2. The topological polar surface area (TPSA) is 96.3 Å². The summed E-state index contributed by atoms with van der Waals surface area (Å²) in [6, 6.07) is 12.6. The Labute approximate surface area is 163 Å². The molecule has 8 heteroatoms. The summed E-state index contributed by atoms with van der Waals surface area (Å²) in [5, 5.41) is 10.6. The first-order chi connectivity index (χ1) is 13.2. The predicted molar refractivity (Wildman–Crippen MR) is 103 cm³/mol. The molecule has 2 aromatic carbocycles. The molecule has 0 spiro atoms. The van der Waals surface area contributed by atoms with Gasteiger partial charge in [-0.1, -0.05) is 19.1 Å². The van der Waals surface area contributed by atoms with E-state index in [1.807, 2.05) is 6.07 Å². The van der Waals surface area contributed by atoms with Crippen molar-refractivity contribution in [2.75, 3.05) is 5.75 Å². The highest BCUT2D eigenvalue weighted by Crippen LogP contribution is 2.24. The smallest absolute Gasteiger partial charge is 0.410 e. The van der Waals surface area contributed by atoms with Crippen molar-refractivity contribution in [2.24, 2.45) is 0 Å². The fourth-order valence-electron chi connectivity index (χ4n) is 2.53. The zero-order valence-electron chi connectivity index (χ0n) is 15.6. The van der Waals surface area contributed by atoms with E-state index in [9.17, 15) is 17.6 Å². The van der Waals surface area contributed by atoms with E-state index < -0.39 is 33.0 Å². The number of hydrogen-bond acceptors (Lipinski definition) is 5. The molecule has 1 unspecified atom stereocenters. The van der Waals surface area contributed by atoms with Crippen molar-refractivity contribution >= 4 is 15.9 Å². The van der Waals surface area contributed by atoms with Gasteiger partial charge in [-0.25, -0.2) is 17.6 Å². The molecule has 0 aliphatic carbocycles. The minimum atomic E-state index is -3.57. The summed E-state index contributed by atoms with van der Waals surface area (Å²) in [5.74, 6) is -0.562. The Balaban J connectivity index is 2.01. The van der Waals surface area contributed by atoms with Crippen molar-refractivity contribution in [1.29, 1.82) is 5.26 Å². The van der Waals surface area contributed by atoms with Crippen LogP contribution in [0.1, 0.15) is 36.6 Å². The summed E-state index contributed by atoms with van der Waals surface area (Å²) < 4.78 is 43.4. The first-order valence-electron chi connectivity index (χ1n) is 8.70. The van der Waals surface area contributed by atoms with E-state index in [1.54, 1.807) is 38.1 Å². The second-order valence-electron chi connectivity index (χ2n) is 6.30. The highest BCUT2D eigenvalue weighted by molar-refractivity contribution is 7.91. The molecule has 28 heavy (non-hydrogen) atoms. The zero-order valence-corrected chi connectivity index (χ0v) is 16.4. The van der Waals surface area contributed by atoms with Crippen molar-refractivity contribution in [1.82, 2.24) is 5.32 Å². The van der Waals surface area contributed by atoms with Crippen LogP contribution in [0.3, 0.4) is 0 Å². The predicted octanol–water partition coefficient (Wildman–Crippen LogP) is 3.74. The van der Waals surface area contributed by atoms with Gasteiger partial charge in [0.05, 0.1) is 22.6 Å². The lowest BCUT2D eigenvalue weighted by molar-refractivity contribution is 0.196. The molecule has 0 aliphatic heterocycles. The molecule has 0 bridgehead atoms. The van der Waals surface area contributed by atoms with Crippen molar-refractivity contribution in [3.8, 4) is 11.8 Å². The average molecular weight is 404 g/mol. The maximum absolute atomic E-state index is 12.9. The highest BCUT2D eigenvalue weighted by atomic mass is 32.2. The fraction of sp³-hybridized carbons (Fsp3) is 0.300. The fourth-order valence-corrected chi connectivity index (χ4v) is 4.27. The number of ether oxygens (including phenoxy) is 1. The minimum Gasteiger partial charge on any atom is -0.410 e. The molecule has 2 rings (SSSR count). The van der Waals surface area contributed by atoms with E-state index in [0.29, 0.717) is 17.5 Å². The number of rotatable bonds is 7. The molecular weight excluding hydrogens is 383 g/mol. The van der Waals surface area contributed by atoms with Crippen LogP contribution in [0.5, 0.6) is 5.75 Å². The van der Waals surface area contributed by atoms with Gasteiger partial charge in [-0.2, -0.15) is 5.26 Å². The van der Waals surface area contributed by atoms with Crippen LogP contribution in [0.15, 0.2) is 48.5 Å². The van der Waals surface area contributed by atoms with Crippen molar-refractivity contribution in [3.05, 3.63) is 65.5 Å². The van der Waals surface area contributed by atoms with Crippen LogP contribution in [0, 0.1) is 17.1 Å². The molecule has 0 aromatic heterocycles. The summed E-state index contributed by atoms with van der Waals surface area (Å²) >= 11 is 0. The number of hydrogen-bond donors (Lipinski definition) is 1. The van der Waals surface area contributed by atoms with E-state index in [1.165, 1.54) is 12.1 Å². The van der Waals surface area contributed by atoms with Gasteiger partial charge in [-0.05, 0) is 55.3 Å². The van der Waals surface area contributed by atoms with Gasteiger partial charge in [0.1, 0.15) is 11.6 Å². The van der Waals surface area contributed by atoms with Crippen molar-refractivity contribution < 1.29 is 22.3 Å². The lowest BCUT2D eigenvalue weighted by Crippen LogP contribution is -2.41. The lowest BCUT2D eigenvalue weighted by atomic mass is 10.1. The monoisotopic (exact) mass is 404 g/mol. The average Bonchev–Trinajstić information content (AvgIpc) is 2.68. The maximum Gasteiger partial charge on any atom is 0.412 e. The molecule has 1 N–H and O–H groups in total. The number of carbonyl (C=O) groups excluding carboxylic acids is 1. The standard InChI is InChI=1S/C20H21FN2O4S/c1-3-18(23-20(24)27-19-10-8-17(21)9-11-19)13-28(25,26)14(2)16-6-4-15(12-22)5-7-16/h4-11,14,18H,3,13H2,1-2H3,(H,23,24)/t14?,18-/m1/s1. The lowest BCUT2D eigenvalue weighted by Gasteiger charge is -2.20.